The van der Waals surface area contributed by atoms with Crippen molar-refractivity contribution in [1.82, 2.24) is 9.97 Å². The number of anilines is 2. The summed E-state index contributed by atoms with van der Waals surface area (Å²) in [6.07, 6.45) is 0.338. The van der Waals surface area contributed by atoms with Gasteiger partial charge in [0.15, 0.2) is 10.5 Å². The Morgan fingerprint density at radius 1 is 1.41 bits per heavy atom. The van der Waals surface area contributed by atoms with Crippen LogP contribution in [0.4, 0.5) is 11.5 Å². The van der Waals surface area contributed by atoms with Gasteiger partial charge in [-0.2, -0.15) is 0 Å². The number of carbonyl (C=O) groups excluding carboxylic acids is 1. The van der Waals surface area contributed by atoms with Crippen LogP contribution in [0.5, 0.6) is 0 Å². The highest BCUT2D eigenvalue weighted by molar-refractivity contribution is 7.71. The predicted octanol–water partition coefficient (Wildman–Crippen LogP) is -0.674. The number of hydrogen-bond acceptors (Lipinski definition) is 5. The van der Waals surface area contributed by atoms with Crippen molar-refractivity contribution in [1.29, 1.82) is 0 Å². The van der Waals surface area contributed by atoms with E-state index in [1.54, 1.807) is 0 Å². The molecule has 1 aliphatic heterocycles. The molecule has 0 spiro atoms. The number of nitrogen functional groups attached to an aromatic ring is 1. The van der Waals surface area contributed by atoms with Crippen molar-refractivity contribution in [3.05, 3.63) is 15.1 Å². The van der Waals surface area contributed by atoms with Crippen LogP contribution in [0, 0.1) is 10.7 Å². The number of amides is 1. The van der Waals surface area contributed by atoms with Crippen molar-refractivity contribution in [2.24, 2.45) is 11.7 Å². The molecular weight excluding hydrogens is 242 g/mol. The van der Waals surface area contributed by atoms with Gasteiger partial charge >= 0.3 is 0 Å². The summed E-state index contributed by atoms with van der Waals surface area (Å²) in [5, 5.41) is 0. The maximum atomic E-state index is 11.8. The minimum atomic E-state index is -0.461. The van der Waals surface area contributed by atoms with Crippen LogP contribution in [0.2, 0.25) is 0 Å². The minimum absolute atomic E-state index is 0.0597. The molecular formula is C9H13N5O2S. The average Bonchev–Trinajstić information content (AvgIpc) is 2.59. The molecule has 2 heterocycles. The fraction of sp³-hybridized carbons (Fsp3) is 0.444. The summed E-state index contributed by atoms with van der Waals surface area (Å²) in [5.41, 5.74) is 10.9. The molecule has 1 saturated heterocycles. The van der Waals surface area contributed by atoms with Crippen molar-refractivity contribution in [2.75, 3.05) is 23.7 Å². The number of nitrogens with two attached hydrogens (primary N) is 2. The maximum Gasteiger partial charge on any atom is 0.277 e. The summed E-state index contributed by atoms with van der Waals surface area (Å²) in [6, 6.07) is 0. The molecule has 0 aromatic carbocycles. The van der Waals surface area contributed by atoms with Gasteiger partial charge in [-0.25, -0.2) is 0 Å². The van der Waals surface area contributed by atoms with Crippen molar-refractivity contribution >= 4 is 29.6 Å². The fourth-order valence-electron chi connectivity index (χ4n) is 1.92. The molecule has 1 amide bonds. The smallest absolute Gasteiger partial charge is 0.277 e. The lowest BCUT2D eigenvalue weighted by molar-refractivity contribution is -0.117. The molecule has 0 saturated carbocycles. The predicted molar refractivity (Wildman–Crippen MR) is 66.2 cm³/mol. The van der Waals surface area contributed by atoms with Gasteiger partial charge in [-0.05, 0) is 24.7 Å². The van der Waals surface area contributed by atoms with Crippen LogP contribution in [0.15, 0.2) is 4.79 Å². The summed E-state index contributed by atoms with van der Waals surface area (Å²) in [6.45, 7) is 0.816. The zero-order chi connectivity index (χ0) is 12.6. The molecule has 1 aromatic heterocycles. The zero-order valence-corrected chi connectivity index (χ0v) is 9.84. The Kier molecular flexibility index (Phi) is 2.99. The van der Waals surface area contributed by atoms with Crippen LogP contribution in [-0.4, -0.2) is 29.0 Å². The van der Waals surface area contributed by atoms with E-state index in [9.17, 15) is 9.59 Å². The third-order valence-electron chi connectivity index (χ3n) is 2.75. The Bertz CT molecular complexity index is 563. The molecule has 0 aliphatic carbocycles. The van der Waals surface area contributed by atoms with E-state index in [2.05, 4.69) is 9.97 Å². The van der Waals surface area contributed by atoms with Gasteiger partial charge in [0.05, 0.1) is 0 Å². The highest BCUT2D eigenvalue weighted by Gasteiger charge is 2.32. The van der Waals surface area contributed by atoms with Gasteiger partial charge in [0.1, 0.15) is 5.82 Å². The summed E-state index contributed by atoms with van der Waals surface area (Å²) < 4.78 is 0.137. The minimum Gasteiger partial charge on any atom is -0.383 e. The maximum absolute atomic E-state index is 11.8. The van der Waals surface area contributed by atoms with E-state index < -0.39 is 5.56 Å². The number of H-pyrrole nitrogens is 2. The Morgan fingerprint density at radius 2 is 2.12 bits per heavy atom. The molecule has 17 heavy (non-hydrogen) atoms. The van der Waals surface area contributed by atoms with Gasteiger partial charge in [-0.3, -0.25) is 14.6 Å². The standard InChI is InChI=1S/C9H13N5O2S/c10-2-4-1-5(15)14(3-4)6-7(11)12-9(17)13-8(6)16/h4H,1-3,10H2,(H4,11,12,13,16,17). The second-order valence-corrected chi connectivity index (χ2v) is 4.39. The number of aromatic nitrogens is 2. The molecule has 92 valence electrons. The lowest BCUT2D eigenvalue weighted by Gasteiger charge is -2.16. The van der Waals surface area contributed by atoms with Crippen molar-refractivity contribution in [2.45, 2.75) is 6.42 Å². The van der Waals surface area contributed by atoms with Crippen LogP contribution in [-0.2, 0) is 4.79 Å². The van der Waals surface area contributed by atoms with Gasteiger partial charge in [0, 0.05) is 13.0 Å². The number of carbonyl (C=O) groups is 1. The summed E-state index contributed by atoms with van der Waals surface area (Å²) in [7, 11) is 0. The van der Waals surface area contributed by atoms with Crippen molar-refractivity contribution in [3.63, 3.8) is 0 Å². The number of nitrogens with one attached hydrogen (secondary N) is 2. The number of rotatable bonds is 2. The van der Waals surface area contributed by atoms with E-state index in [0.717, 1.165) is 0 Å². The Balaban J connectivity index is 2.45. The van der Waals surface area contributed by atoms with Crippen LogP contribution in [0.25, 0.3) is 0 Å². The van der Waals surface area contributed by atoms with Gasteiger partial charge < -0.3 is 21.4 Å². The Hall–Kier alpha value is -1.67. The van der Waals surface area contributed by atoms with E-state index in [-0.39, 0.29) is 28.1 Å². The van der Waals surface area contributed by atoms with Crippen LogP contribution in [0.1, 0.15) is 6.42 Å². The van der Waals surface area contributed by atoms with E-state index in [1.165, 1.54) is 4.90 Å². The Morgan fingerprint density at radius 3 is 2.65 bits per heavy atom. The first-order valence-electron chi connectivity index (χ1n) is 5.15. The molecule has 6 N–H and O–H groups in total. The quantitative estimate of drug-likeness (QED) is 0.522. The molecule has 8 heteroatoms. The van der Waals surface area contributed by atoms with Gasteiger partial charge in [-0.1, -0.05) is 0 Å². The van der Waals surface area contributed by atoms with E-state index in [1.807, 2.05) is 0 Å². The molecule has 1 unspecified atom stereocenters. The molecule has 2 rings (SSSR count). The van der Waals surface area contributed by atoms with E-state index in [4.69, 9.17) is 23.7 Å². The summed E-state index contributed by atoms with van der Waals surface area (Å²) >= 11 is 4.78. The Labute approximate surface area is 102 Å². The van der Waals surface area contributed by atoms with Crippen LogP contribution in [0.3, 0.4) is 0 Å². The largest absolute Gasteiger partial charge is 0.383 e. The fourth-order valence-corrected chi connectivity index (χ4v) is 2.12. The first-order valence-corrected chi connectivity index (χ1v) is 5.56. The highest BCUT2D eigenvalue weighted by atomic mass is 32.1. The lowest BCUT2D eigenvalue weighted by atomic mass is 10.1. The first-order chi connectivity index (χ1) is 8.02. The van der Waals surface area contributed by atoms with Gasteiger partial charge in [0.2, 0.25) is 5.91 Å². The van der Waals surface area contributed by atoms with Crippen molar-refractivity contribution < 1.29 is 4.79 Å². The molecule has 1 atom stereocenters. The molecule has 0 bridgehead atoms. The topological polar surface area (TPSA) is 121 Å². The monoisotopic (exact) mass is 255 g/mol. The van der Waals surface area contributed by atoms with Crippen LogP contribution < -0.4 is 21.9 Å². The lowest BCUT2D eigenvalue weighted by Crippen LogP contribution is -2.32. The number of nitrogens with zero attached hydrogens (tertiary/aromatic N) is 1. The summed E-state index contributed by atoms with van der Waals surface area (Å²) in [5.74, 6) is 0.0115. The van der Waals surface area contributed by atoms with Crippen molar-refractivity contribution in [3.8, 4) is 0 Å². The van der Waals surface area contributed by atoms with Gasteiger partial charge in [0.25, 0.3) is 5.56 Å². The summed E-state index contributed by atoms with van der Waals surface area (Å²) in [4.78, 5) is 29.9. The van der Waals surface area contributed by atoms with Crippen LogP contribution >= 0.6 is 12.2 Å². The number of hydrogen-bond donors (Lipinski definition) is 4. The third kappa shape index (κ3) is 2.08. The van der Waals surface area contributed by atoms with E-state index >= 15 is 0 Å². The van der Waals surface area contributed by atoms with E-state index in [0.29, 0.717) is 19.5 Å². The molecule has 1 fully saturated rings. The second-order valence-electron chi connectivity index (χ2n) is 3.98. The second kappa shape index (κ2) is 4.30. The molecule has 7 nitrogen and oxygen atoms in total. The highest BCUT2D eigenvalue weighted by Crippen LogP contribution is 2.24. The SMILES string of the molecule is NCC1CC(=O)N(c2c(N)[nH]c(=S)[nH]c2=O)C1. The number of aromatic amines is 2. The molecule has 1 aromatic rings. The molecule has 0 radical (unpaired) electrons. The first kappa shape index (κ1) is 11.8. The molecule has 1 aliphatic rings. The normalized spacial score (nSPS) is 19.9. The average molecular weight is 255 g/mol. The third-order valence-corrected chi connectivity index (χ3v) is 2.96. The zero-order valence-electron chi connectivity index (χ0n) is 9.03. The van der Waals surface area contributed by atoms with Gasteiger partial charge in [-0.15, -0.1) is 0 Å².